The second-order valence-corrected chi connectivity index (χ2v) is 6.42. The summed E-state index contributed by atoms with van der Waals surface area (Å²) in [5.41, 5.74) is 2.71. The maximum absolute atomic E-state index is 13.1. The summed E-state index contributed by atoms with van der Waals surface area (Å²) in [6.45, 7) is 0.0935. The van der Waals surface area contributed by atoms with Crippen molar-refractivity contribution < 1.29 is 27.6 Å². The normalized spacial score (nSPS) is 13.9. The fourth-order valence-electron chi connectivity index (χ4n) is 2.94. The molecule has 0 bridgehead atoms. The van der Waals surface area contributed by atoms with Gasteiger partial charge in [0.1, 0.15) is 0 Å². The minimum absolute atomic E-state index is 0.0635. The Morgan fingerprint density at radius 1 is 0.929 bits per heavy atom. The van der Waals surface area contributed by atoms with E-state index in [0.717, 1.165) is 12.0 Å². The number of rotatable bonds is 5. The molecule has 5 nitrogen and oxygen atoms in total. The Kier molecular flexibility index (Phi) is 4.65. The summed E-state index contributed by atoms with van der Waals surface area (Å²) >= 11 is 0. The van der Waals surface area contributed by atoms with Crippen LogP contribution in [0, 0.1) is 0 Å². The largest absolute Gasteiger partial charge is 0.586 e. The van der Waals surface area contributed by atoms with E-state index in [9.17, 15) is 13.6 Å². The van der Waals surface area contributed by atoms with E-state index in [-0.39, 0.29) is 24.0 Å². The van der Waals surface area contributed by atoms with Crippen LogP contribution in [0.3, 0.4) is 0 Å². The topological polar surface area (TPSA) is 51.4 Å². The average Bonchev–Trinajstić information content (AvgIpc) is 2.97. The first-order valence-electron chi connectivity index (χ1n) is 8.68. The zero-order valence-electron chi connectivity index (χ0n) is 14.8. The SMILES string of the molecule is O=C(C[n+]1ccc(Cc2ccccc2)cc1)Nc1ccc2c(c1)OC(F)(F)O2. The molecule has 1 aliphatic heterocycles. The van der Waals surface area contributed by atoms with Gasteiger partial charge < -0.3 is 14.8 Å². The van der Waals surface area contributed by atoms with Crippen molar-refractivity contribution in [2.24, 2.45) is 0 Å². The van der Waals surface area contributed by atoms with E-state index in [1.165, 1.54) is 23.8 Å². The van der Waals surface area contributed by atoms with Gasteiger partial charge in [0.2, 0.25) is 6.54 Å². The summed E-state index contributed by atoms with van der Waals surface area (Å²) in [5.74, 6) is -0.460. The molecule has 28 heavy (non-hydrogen) atoms. The molecule has 1 aromatic heterocycles. The van der Waals surface area contributed by atoms with Gasteiger partial charge in [-0.05, 0) is 29.7 Å². The predicted molar refractivity (Wildman–Crippen MR) is 97.2 cm³/mol. The van der Waals surface area contributed by atoms with Crippen molar-refractivity contribution in [2.45, 2.75) is 19.3 Å². The summed E-state index contributed by atoms with van der Waals surface area (Å²) in [6, 6.07) is 18.2. The summed E-state index contributed by atoms with van der Waals surface area (Å²) in [7, 11) is 0. The lowest BCUT2D eigenvalue weighted by Crippen LogP contribution is -2.39. The number of hydrogen-bond acceptors (Lipinski definition) is 3. The summed E-state index contributed by atoms with van der Waals surface area (Å²) < 4.78 is 36.6. The second-order valence-electron chi connectivity index (χ2n) is 6.42. The average molecular weight is 383 g/mol. The zero-order chi connectivity index (χ0) is 19.6. The number of nitrogens with one attached hydrogen (secondary N) is 1. The highest BCUT2D eigenvalue weighted by atomic mass is 19.3. The lowest BCUT2D eigenvalue weighted by molar-refractivity contribution is -0.684. The van der Waals surface area contributed by atoms with Crippen LogP contribution in [0.1, 0.15) is 11.1 Å². The molecule has 2 aromatic carbocycles. The fourth-order valence-corrected chi connectivity index (χ4v) is 2.94. The van der Waals surface area contributed by atoms with Crippen molar-refractivity contribution in [3.63, 3.8) is 0 Å². The van der Waals surface area contributed by atoms with Crippen LogP contribution in [-0.4, -0.2) is 12.2 Å². The summed E-state index contributed by atoms with van der Waals surface area (Å²) in [4.78, 5) is 12.2. The molecule has 2 heterocycles. The molecule has 1 amide bonds. The Hall–Kier alpha value is -3.48. The minimum atomic E-state index is -3.68. The zero-order valence-corrected chi connectivity index (χ0v) is 14.8. The fraction of sp³-hybridized carbons (Fsp3) is 0.143. The predicted octanol–water partition coefficient (Wildman–Crippen LogP) is 3.53. The van der Waals surface area contributed by atoms with Gasteiger partial charge >= 0.3 is 6.29 Å². The molecule has 3 aromatic rings. The second kappa shape index (κ2) is 7.26. The number of ether oxygens (including phenoxy) is 2. The van der Waals surface area contributed by atoms with Crippen molar-refractivity contribution in [1.82, 2.24) is 0 Å². The first-order chi connectivity index (χ1) is 13.5. The van der Waals surface area contributed by atoms with Gasteiger partial charge in [-0.1, -0.05) is 30.3 Å². The van der Waals surface area contributed by atoms with E-state index >= 15 is 0 Å². The van der Waals surface area contributed by atoms with Crippen molar-refractivity contribution in [1.29, 1.82) is 0 Å². The number of amides is 1. The van der Waals surface area contributed by atoms with Crippen LogP contribution in [0.2, 0.25) is 0 Å². The molecule has 0 radical (unpaired) electrons. The number of carbonyl (C=O) groups is 1. The number of benzene rings is 2. The third kappa shape index (κ3) is 4.25. The maximum atomic E-state index is 13.1. The molecule has 0 spiro atoms. The van der Waals surface area contributed by atoms with E-state index in [2.05, 4.69) is 26.9 Å². The molecule has 0 unspecified atom stereocenters. The first-order valence-corrected chi connectivity index (χ1v) is 8.68. The van der Waals surface area contributed by atoms with Crippen LogP contribution in [0.15, 0.2) is 73.1 Å². The van der Waals surface area contributed by atoms with Crippen LogP contribution < -0.4 is 19.4 Å². The van der Waals surface area contributed by atoms with Crippen LogP contribution in [0.25, 0.3) is 0 Å². The smallest absolute Gasteiger partial charge is 0.395 e. The van der Waals surface area contributed by atoms with E-state index in [4.69, 9.17) is 0 Å². The highest BCUT2D eigenvalue weighted by Crippen LogP contribution is 2.42. The van der Waals surface area contributed by atoms with Gasteiger partial charge in [0, 0.05) is 23.9 Å². The van der Waals surface area contributed by atoms with Crippen molar-refractivity contribution in [3.8, 4) is 11.5 Å². The molecule has 1 N–H and O–H groups in total. The Bertz CT molecular complexity index is 992. The monoisotopic (exact) mass is 383 g/mol. The number of hydrogen-bond donors (Lipinski definition) is 1. The van der Waals surface area contributed by atoms with Gasteiger partial charge in [0.05, 0.1) is 0 Å². The number of alkyl halides is 2. The van der Waals surface area contributed by atoms with Crippen LogP contribution >= 0.6 is 0 Å². The third-order valence-corrected chi connectivity index (χ3v) is 4.22. The number of fused-ring (bicyclic) bond motifs is 1. The van der Waals surface area contributed by atoms with Crippen molar-refractivity contribution in [2.75, 3.05) is 5.32 Å². The van der Waals surface area contributed by atoms with Crippen LogP contribution in [0.5, 0.6) is 11.5 Å². The third-order valence-electron chi connectivity index (χ3n) is 4.22. The van der Waals surface area contributed by atoms with Crippen LogP contribution in [0.4, 0.5) is 14.5 Å². The van der Waals surface area contributed by atoms with Crippen LogP contribution in [-0.2, 0) is 17.8 Å². The van der Waals surface area contributed by atoms with Crippen molar-refractivity contribution >= 4 is 11.6 Å². The summed E-state index contributed by atoms with van der Waals surface area (Å²) in [5, 5.41) is 2.66. The lowest BCUT2D eigenvalue weighted by atomic mass is 10.1. The van der Waals surface area contributed by atoms with Crippen molar-refractivity contribution in [3.05, 3.63) is 84.2 Å². The minimum Gasteiger partial charge on any atom is -0.395 e. The van der Waals surface area contributed by atoms with E-state index in [0.29, 0.717) is 5.69 Å². The Labute approximate surface area is 160 Å². The van der Waals surface area contributed by atoms with Gasteiger partial charge in [-0.25, -0.2) is 0 Å². The molecule has 0 atom stereocenters. The van der Waals surface area contributed by atoms with Gasteiger partial charge in [-0.15, -0.1) is 8.78 Å². The molecular formula is C21H17F2N2O3+. The molecule has 7 heteroatoms. The Balaban J connectivity index is 1.35. The van der Waals surface area contributed by atoms with E-state index in [1.54, 1.807) is 4.57 Å². The molecule has 0 saturated carbocycles. The molecular weight excluding hydrogens is 366 g/mol. The molecule has 4 rings (SSSR count). The summed E-state index contributed by atoms with van der Waals surface area (Å²) in [6.07, 6.45) is 0.800. The number of pyridine rings is 1. The highest BCUT2D eigenvalue weighted by Gasteiger charge is 2.43. The molecule has 142 valence electrons. The molecule has 1 aliphatic rings. The molecule has 0 fully saturated rings. The van der Waals surface area contributed by atoms with Gasteiger partial charge in [0.25, 0.3) is 5.91 Å². The number of anilines is 1. The Morgan fingerprint density at radius 2 is 1.61 bits per heavy atom. The number of halogens is 2. The van der Waals surface area contributed by atoms with Gasteiger partial charge in [0.15, 0.2) is 23.9 Å². The Morgan fingerprint density at radius 3 is 2.36 bits per heavy atom. The number of aromatic nitrogens is 1. The highest BCUT2D eigenvalue weighted by molar-refractivity contribution is 5.90. The molecule has 0 saturated heterocycles. The quantitative estimate of drug-likeness (QED) is 0.686. The maximum Gasteiger partial charge on any atom is 0.586 e. The first kappa shape index (κ1) is 17.9. The van der Waals surface area contributed by atoms with E-state index < -0.39 is 6.29 Å². The van der Waals surface area contributed by atoms with Gasteiger partial charge in [-0.3, -0.25) is 4.79 Å². The lowest BCUT2D eigenvalue weighted by Gasteiger charge is -2.05. The molecule has 0 aliphatic carbocycles. The number of carbonyl (C=O) groups excluding carboxylic acids is 1. The standard InChI is InChI=1S/C21H16F2N2O3/c22-21(23)27-18-7-6-17(13-19(18)28-21)24-20(26)14-25-10-8-16(9-11-25)12-15-4-2-1-3-5-15/h1-11,13H,12,14H2/p+1. The van der Waals surface area contributed by atoms with Gasteiger partial charge in [-0.2, -0.15) is 4.57 Å². The number of nitrogens with zero attached hydrogens (tertiary/aromatic N) is 1. The van der Waals surface area contributed by atoms with E-state index in [1.807, 2.05) is 42.7 Å².